The largest absolute Gasteiger partial charge is 0.338 e. The summed E-state index contributed by atoms with van der Waals surface area (Å²) in [4.78, 5) is 14.7. The first-order valence-electron chi connectivity index (χ1n) is 9.07. The minimum Gasteiger partial charge on any atom is -0.338 e. The number of aryl methyl sites for hydroxylation is 1. The second-order valence-electron chi connectivity index (χ2n) is 7.05. The average molecular weight is 441 g/mol. The van der Waals surface area contributed by atoms with Crippen molar-refractivity contribution in [3.8, 4) is 0 Å². The monoisotopic (exact) mass is 440 g/mol. The summed E-state index contributed by atoms with van der Waals surface area (Å²) in [5.74, 6) is -0.0645. The van der Waals surface area contributed by atoms with Crippen LogP contribution in [0.5, 0.6) is 0 Å². The lowest BCUT2D eigenvalue weighted by atomic mass is 9.97. The van der Waals surface area contributed by atoms with Crippen LogP contribution in [0, 0.1) is 12.8 Å². The third-order valence-electron chi connectivity index (χ3n) is 4.87. The summed E-state index contributed by atoms with van der Waals surface area (Å²) in [6, 6.07) is 11.6. The number of nitrogens with one attached hydrogen (secondary N) is 1. The van der Waals surface area contributed by atoms with Gasteiger partial charge in [-0.15, -0.1) is 0 Å². The van der Waals surface area contributed by atoms with Gasteiger partial charge >= 0.3 is 0 Å². The maximum atomic E-state index is 12.7. The van der Waals surface area contributed by atoms with E-state index in [9.17, 15) is 13.2 Å². The molecule has 0 aliphatic carbocycles. The van der Waals surface area contributed by atoms with Crippen molar-refractivity contribution in [1.29, 1.82) is 0 Å². The number of sulfonamides is 1. The SMILES string of the molecule is Cc1ccc(S(=O)(=O)NCC2CCCN(C(=O)c3ccc(Cl)c(Cl)c3)C2)cc1. The Kier molecular flexibility index (Phi) is 6.65. The first kappa shape index (κ1) is 21.1. The predicted octanol–water partition coefficient (Wildman–Crippen LogP) is 4.13. The van der Waals surface area contributed by atoms with Gasteiger partial charge < -0.3 is 4.90 Å². The predicted molar refractivity (Wildman–Crippen MR) is 111 cm³/mol. The molecule has 1 unspecified atom stereocenters. The van der Waals surface area contributed by atoms with Crippen molar-refractivity contribution in [3.05, 3.63) is 63.6 Å². The highest BCUT2D eigenvalue weighted by Gasteiger charge is 2.26. The summed E-state index contributed by atoms with van der Waals surface area (Å²) in [7, 11) is -3.56. The summed E-state index contributed by atoms with van der Waals surface area (Å²) in [5, 5.41) is 0.743. The molecule has 150 valence electrons. The minimum atomic E-state index is -3.56. The lowest BCUT2D eigenvalue weighted by molar-refractivity contribution is 0.0676. The molecule has 3 rings (SSSR count). The number of carbonyl (C=O) groups excluding carboxylic acids is 1. The zero-order chi connectivity index (χ0) is 20.3. The molecule has 0 bridgehead atoms. The molecule has 1 saturated heterocycles. The summed E-state index contributed by atoms with van der Waals surface area (Å²) in [6.45, 7) is 3.34. The number of piperidine rings is 1. The van der Waals surface area contributed by atoms with E-state index in [0.717, 1.165) is 18.4 Å². The van der Waals surface area contributed by atoms with E-state index in [2.05, 4.69) is 4.72 Å². The Labute approximate surface area is 175 Å². The second-order valence-corrected chi connectivity index (χ2v) is 9.63. The van der Waals surface area contributed by atoms with Crippen molar-refractivity contribution in [1.82, 2.24) is 9.62 Å². The first-order chi connectivity index (χ1) is 13.3. The molecule has 1 amide bonds. The summed E-state index contributed by atoms with van der Waals surface area (Å²) in [6.07, 6.45) is 1.69. The highest BCUT2D eigenvalue weighted by molar-refractivity contribution is 7.89. The van der Waals surface area contributed by atoms with Crippen molar-refractivity contribution in [2.45, 2.75) is 24.7 Å². The van der Waals surface area contributed by atoms with Gasteiger partial charge in [0.1, 0.15) is 0 Å². The van der Waals surface area contributed by atoms with E-state index in [4.69, 9.17) is 23.2 Å². The number of carbonyl (C=O) groups is 1. The first-order valence-corrected chi connectivity index (χ1v) is 11.3. The van der Waals surface area contributed by atoms with Gasteiger partial charge in [0.2, 0.25) is 10.0 Å². The quantitative estimate of drug-likeness (QED) is 0.759. The van der Waals surface area contributed by atoms with Crippen molar-refractivity contribution in [2.75, 3.05) is 19.6 Å². The number of benzene rings is 2. The van der Waals surface area contributed by atoms with Gasteiger partial charge in [0, 0.05) is 25.2 Å². The summed E-state index contributed by atoms with van der Waals surface area (Å²) < 4.78 is 27.6. The van der Waals surface area contributed by atoms with E-state index in [1.54, 1.807) is 47.4 Å². The van der Waals surface area contributed by atoms with Gasteiger partial charge in [-0.2, -0.15) is 0 Å². The van der Waals surface area contributed by atoms with Gasteiger partial charge in [0.05, 0.1) is 14.9 Å². The lowest BCUT2D eigenvalue weighted by Gasteiger charge is -2.33. The third-order valence-corrected chi connectivity index (χ3v) is 7.04. The second kappa shape index (κ2) is 8.82. The van der Waals surface area contributed by atoms with Gasteiger partial charge in [-0.3, -0.25) is 4.79 Å². The van der Waals surface area contributed by atoms with Crippen LogP contribution >= 0.6 is 23.2 Å². The van der Waals surface area contributed by atoms with E-state index >= 15 is 0 Å². The van der Waals surface area contributed by atoms with E-state index < -0.39 is 10.0 Å². The van der Waals surface area contributed by atoms with Crippen LogP contribution in [0.15, 0.2) is 47.4 Å². The Morgan fingerprint density at radius 1 is 1.14 bits per heavy atom. The van der Waals surface area contributed by atoms with Crippen LogP contribution in [-0.2, 0) is 10.0 Å². The zero-order valence-electron chi connectivity index (χ0n) is 15.5. The molecule has 8 heteroatoms. The fraction of sp³-hybridized carbons (Fsp3) is 0.350. The molecule has 0 saturated carbocycles. The maximum absolute atomic E-state index is 12.7. The van der Waals surface area contributed by atoms with Crippen molar-refractivity contribution in [2.24, 2.45) is 5.92 Å². The minimum absolute atomic E-state index is 0.0562. The summed E-state index contributed by atoms with van der Waals surface area (Å²) in [5.41, 5.74) is 1.48. The van der Waals surface area contributed by atoms with Crippen LogP contribution in [0.4, 0.5) is 0 Å². The van der Waals surface area contributed by atoms with Crippen molar-refractivity contribution < 1.29 is 13.2 Å². The van der Waals surface area contributed by atoms with Crippen molar-refractivity contribution in [3.63, 3.8) is 0 Å². The molecule has 1 aliphatic rings. The molecular formula is C20H22Cl2N2O3S. The molecule has 0 aromatic heterocycles. The van der Waals surface area contributed by atoms with E-state index in [1.807, 2.05) is 6.92 Å². The van der Waals surface area contributed by atoms with Gasteiger partial charge in [0.15, 0.2) is 0 Å². The van der Waals surface area contributed by atoms with Crippen LogP contribution in [0.25, 0.3) is 0 Å². The van der Waals surface area contributed by atoms with Gasteiger partial charge in [0.25, 0.3) is 5.91 Å². The van der Waals surface area contributed by atoms with E-state index in [0.29, 0.717) is 35.2 Å². The molecule has 2 aromatic rings. The molecule has 1 atom stereocenters. The van der Waals surface area contributed by atoms with Crippen LogP contribution in [0.2, 0.25) is 10.0 Å². The number of halogens is 2. The van der Waals surface area contributed by atoms with Crippen molar-refractivity contribution >= 4 is 39.1 Å². The van der Waals surface area contributed by atoms with Crippen LogP contribution in [0.3, 0.4) is 0 Å². The molecule has 5 nitrogen and oxygen atoms in total. The number of amides is 1. The Morgan fingerprint density at radius 2 is 1.86 bits per heavy atom. The van der Waals surface area contributed by atoms with Gasteiger partial charge in [-0.05, 0) is 56.0 Å². The fourth-order valence-electron chi connectivity index (χ4n) is 3.26. The molecule has 1 heterocycles. The molecule has 0 spiro atoms. The Morgan fingerprint density at radius 3 is 2.54 bits per heavy atom. The number of likely N-dealkylation sites (tertiary alicyclic amines) is 1. The lowest BCUT2D eigenvalue weighted by Crippen LogP contribution is -2.43. The standard InChI is InChI=1S/C20H22Cl2N2O3S/c1-14-4-7-17(8-5-14)28(26,27)23-12-15-3-2-10-24(13-15)20(25)16-6-9-18(21)19(22)11-16/h4-9,11,15,23H,2-3,10,12-13H2,1H3. The average Bonchev–Trinajstić information content (AvgIpc) is 2.68. The van der Waals surface area contributed by atoms with Crippen LogP contribution < -0.4 is 4.72 Å². The van der Waals surface area contributed by atoms with E-state index in [-0.39, 0.29) is 16.7 Å². The number of hydrogen-bond donors (Lipinski definition) is 1. The molecule has 28 heavy (non-hydrogen) atoms. The Hall–Kier alpha value is -1.60. The molecule has 1 aliphatic heterocycles. The van der Waals surface area contributed by atoms with Gasteiger partial charge in [-0.1, -0.05) is 40.9 Å². The molecule has 0 radical (unpaired) electrons. The zero-order valence-corrected chi connectivity index (χ0v) is 17.8. The third kappa shape index (κ3) is 5.06. The highest BCUT2D eigenvalue weighted by Crippen LogP contribution is 2.25. The highest BCUT2D eigenvalue weighted by atomic mass is 35.5. The fourth-order valence-corrected chi connectivity index (χ4v) is 4.67. The maximum Gasteiger partial charge on any atom is 0.253 e. The number of rotatable bonds is 5. The van der Waals surface area contributed by atoms with Gasteiger partial charge in [-0.25, -0.2) is 13.1 Å². The Balaban J connectivity index is 1.62. The summed E-state index contributed by atoms with van der Waals surface area (Å²) >= 11 is 11.9. The number of nitrogens with zero attached hydrogens (tertiary/aromatic N) is 1. The van der Waals surface area contributed by atoms with Crippen LogP contribution in [-0.4, -0.2) is 38.9 Å². The van der Waals surface area contributed by atoms with Crippen LogP contribution in [0.1, 0.15) is 28.8 Å². The molecular weight excluding hydrogens is 419 g/mol. The van der Waals surface area contributed by atoms with E-state index in [1.165, 1.54) is 0 Å². The molecule has 2 aromatic carbocycles. The smallest absolute Gasteiger partial charge is 0.253 e. The number of hydrogen-bond acceptors (Lipinski definition) is 3. The Bertz CT molecular complexity index is 962. The normalized spacial score (nSPS) is 17.5. The molecule has 1 N–H and O–H groups in total. The molecule has 1 fully saturated rings. The topological polar surface area (TPSA) is 66.5 Å².